The minimum Gasteiger partial charge on any atom is -0.360 e. The molecule has 25 heavy (non-hydrogen) atoms. The second-order valence-electron chi connectivity index (χ2n) is 6.31. The monoisotopic (exact) mass is 345 g/mol. The van der Waals surface area contributed by atoms with Gasteiger partial charge in [0.15, 0.2) is 5.76 Å². The second kappa shape index (κ2) is 7.46. The summed E-state index contributed by atoms with van der Waals surface area (Å²) in [5.41, 5.74) is 0.719. The first kappa shape index (κ1) is 17.1. The number of hydrogen-bond acceptors (Lipinski definition) is 4. The van der Waals surface area contributed by atoms with Gasteiger partial charge < -0.3 is 14.3 Å². The van der Waals surface area contributed by atoms with Crippen LogP contribution in [0.15, 0.2) is 41.1 Å². The lowest BCUT2D eigenvalue weighted by molar-refractivity contribution is -0.143. The number of likely N-dealkylation sites (tertiary alicyclic amines) is 1. The van der Waals surface area contributed by atoms with Gasteiger partial charge in [-0.3, -0.25) is 9.59 Å². The fraction of sp³-hybridized carbons (Fsp3) is 0.389. The van der Waals surface area contributed by atoms with Gasteiger partial charge in [-0.05, 0) is 24.1 Å². The first-order chi connectivity index (χ1) is 12.0. The average Bonchev–Trinajstić information content (AvgIpc) is 3.09. The third-order valence-electron chi connectivity index (χ3n) is 4.37. The third kappa shape index (κ3) is 4.23. The molecule has 6 nitrogen and oxygen atoms in total. The summed E-state index contributed by atoms with van der Waals surface area (Å²) in [7, 11) is 1.71. The topological polar surface area (TPSA) is 66.7 Å². The van der Waals surface area contributed by atoms with Crippen molar-refractivity contribution in [3.05, 3.63) is 53.7 Å². The molecule has 1 aliphatic heterocycles. The van der Waals surface area contributed by atoms with Crippen LogP contribution in [0.5, 0.6) is 0 Å². The number of nitrogens with zero attached hydrogens (tertiary/aromatic N) is 3. The molecule has 1 unspecified atom stereocenters. The normalized spacial score (nSPS) is 17.6. The van der Waals surface area contributed by atoms with E-state index in [1.807, 2.05) is 0 Å². The van der Waals surface area contributed by atoms with E-state index in [-0.39, 0.29) is 23.5 Å². The Morgan fingerprint density at radius 3 is 3.00 bits per heavy atom. The van der Waals surface area contributed by atoms with E-state index >= 15 is 0 Å². The first-order valence-electron chi connectivity index (χ1n) is 8.19. The number of benzene rings is 1. The number of hydrogen-bond donors (Lipinski definition) is 0. The fourth-order valence-electron chi connectivity index (χ4n) is 3.07. The Kier molecular flexibility index (Phi) is 5.11. The number of piperidine rings is 1. The second-order valence-corrected chi connectivity index (χ2v) is 6.31. The Bertz CT molecular complexity index is 748. The molecule has 2 amide bonds. The number of halogens is 1. The number of amides is 2. The molecule has 3 rings (SSSR count). The largest absolute Gasteiger partial charge is 0.360 e. The maximum atomic E-state index is 13.3. The highest BCUT2D eigenvalue weighted by Crippen LogP contribution is 2.22. The summed E-state index contributed by atoms with van der Waals surface area (Å²) in [5, 5.41) is 3.63. The van der Waals surface area contributed by atoms with Gasteiger partial charge in [0.05, 0.1) is 18.7 Å². The Labute approximate surface area is 145 Å². The molecule has 0 saturated carbocycles. The van der Waals surface area contributed by atoms with Crippen molar-refractivity contribution in [2.24, 2.45) is 5.92 Å². The zero-order chi connectivity index (χ0) is 17.8. The molecule has 0 aliphatic carbocycles. The molecule has 0 bridgehead atoms. The maximum absolute atomic E-state index is 13.3. The molecule has 1 aromatic heterocycles. The van der Waals surface area contributed by atoms with Crippen molar-refractivity contribution in [1.82, 2.24) is 15.0 Å². The van der Waals surface area contributed by atoms with Crippen LogP contribution in [-0.4, -0.2) is 40.4 Å². The third-order valence-corrected chi connectivity index (χ3v) is 4.37. The van der Waals surface area contributed by atoms with Crippen molar-refractivity contribution in [3.8, 4) is 0 Å². The van der Waals surface area contributed by atoms with Crippen molar-refractivity contribution < 1.29 is 18.5 Å². The van der Waals surface area contributed by atoms with Gasteiger partial charge in [0.2, 0.25) is 11.8 Å². The van der Waals surface area contributed by atoms with Gasteiger partial charge in [0, 0.05) is 32.6 Å². The number of aromatic nitrogens is 1. The van der Waals surface area contributed by atoms with Gasteiger partial charge >= 0.3 is 0 Å². The molecule has 2 heterocycles. The van der Waals surface area contributed by atoms with Crippen LogP contribution < -0.4 is 0 Å². The highest BCUT2D eigenvalue weighted by atomic mass is 19.1. The Hall–Kier alpha value is -2.70. The predicted octanol–water partition coefficient (Wildman–Crippen LogP) is 2.21. The quantitative estimate of drug-likeness (QED) is 0.833. The van der Waals surface area contributed by atoms with Crippen molar-refractivity contribution in [2.75, 3.05) is 13.6 Å². The molecule has 1 aromatic carbocycles. The van der Waals surface area contributed by atoms with E-state index in [0.29, 0.717) is 38.2 Å². The van der Waals surface area contributed by atoms with Crippen LogP contribution in [0.1, 0.15) is 24.2 Å². The van der Waals surface area contributed by atoms with Crippen molar-refractivity contribution >= 4 is 11.8 Å². The summed E-state index contributed by atoms with van der Waals surface area (Å²) in [6.45, 7) is 0.994. The zero-order valence-corrected chi connectivity index (χ0v) is 14.0. The van der Waals surface area contributed by atoms with Crippen LogP contribution in [-0.2, 0) is 22.7 Å². The fourth-order valence-corrected chi connectivity index (χ4v) is 3.07. The lowest BCUT2D eigenvalue weighted by Gasteiger charge is -2.33. The van der Waals surface area contributed by atoms with Crippen LogP contribution in [0.3, 0.4) is 0 Å². The minimum absolute atomic E-state index is 0.00815. The van der Waals surface area contributed by atoms with E-state index in [2.05, 4.69) is 5.16 Å². The highest BCUT2D eigenvalue weighted by molar-refractivity contribution is 5.83. The van der Waals surface area contributed by atoms with Crippen LogP contribution in [0.25, 0.3) is 0 Å². The predicted molar refractivity (Wildman–Crippen MR) is 87.5 cm³/mol. The number of carbonyl (C=O) groups excluding carboxylic acids is 2. The molecule has 1 fully saturated rings. The van der Waals surface area contributed by atoms with E-state index in [9.17, 15) is 14.0 Å². The van der Waals surface area contributed by atoms with Gasteiger partial charge in [-0.2, -0.15) is 0 Å². The maximum Gasteiger partial charge on any atom is 0.227 e. The Morgan fingerprint density at radius 2 is 2.28 bits per heavy atom. The summed E-state index contributed by atoms with van der Waals surface area (Å²) in [6, 6.07) is 7.89. The van der Waals surface area contributed by atoms with Gasteiger partial charge in [-0.25, -0.2) is 4.39 Å². The van der Waals surface area contributed by atoms with Crippen LogP contribution >= 0.6 is 0 Å². The Morgan fingerprint density at radius 1 is 1.44 bits per heavy atom. The first-order valence-corrected chi connectivity index (χ1v) is 8.19. The molecule has 0 spiro atoms. The van der Waals surface area contributed by atoms with Crippen LogP contribution in [0.4, 0.5) is 4.39 Å². The molecule has 0 N–H and O–H groups in total. The molecular formula is C18H20FN3O3. The zero-order valence-electron chi connectivity index (χ0n) is 14.0. The summed E-state index contributed by atoms with van der Waals surface area (Å²) >= 11 is 0. The van der Waals surface area contributed by atoms with Gasteiger partial charge in [0.1, 0.15) is 5.82 Å². The molecule has 132 valence electrons. The lowest BCUT2D eigenvalue weighted by atomic mass is 9.95. The van der Waals surface area contributed by atoms with Crippen LogP contribution in [0.2, 0.25) is 0 Å². The number of rotatable bonds is 5. The molecule has 1 aliphatic rings. The van der Waals surface area contributed by atoms with E-state index in [1.165, 1.54) is 18.3 Å². The average molecular weight is 345 g/mol. The number of carbonyl (C=O) groups is 2. The molecular weight excluding hydrogens is 325 g/mol. The minimum atomic E-state index is -0.332. The summed E-state index contributed by atoms with van der Waals surface area (Å²) < 4.78 is 18.4. The smallest absolute Gasteiger partial charge is 0.227 e. The van der Waals surface area contributed by atoms with Gasteiger partial charge in [0.25, 0.3) is 0 Å². The van der Waals surface area contributed by atoms with Gasteiger partial charge in [-0.1, -0.05) is 17.3 Å². The van der Waals surface area contributed by atoms with E-state index in [0.717, 1.165) is 5.56 Å². The molecule has 2 aromatic rings. The lowest BCUT2D eigenvalue weighted by Crippen LogP contribution is -2.45. The van der Waals surface area contributed by atoms with E-state index < -0.39 is 0 Å². The van der Waals surface area contributed by atoms with Crippen molar-refractivity contribution in [3.63, 3.8) is 0 Å². The van der Waals surface area contributed by atoms with Crippen molar-refractivity contribution in [1.29, 1.82) is 0 Å². The molecule has 0 radical (unpaired) electrons. The Balaban J connectivity index is 1.63. The SMILES string of the molecule is CN(Cc1ccno1)C(=O)C1CCC(=O)N(Cc2cccc(F)c2)C1. The van der Waals surface area contributed by atoms with Gasteiger partial charge in [-0.15, -0.1) is 0 Å². The van der Waals surface area contributed by atoms with Crippen LogP contribution in [0, 0.1) is 11.7 Å². The molecule has 7 heteroatoms. The molecule has 1 saturated heterocycles. The van der Waals surface area contributed by atoms with E-state index in [1.54, 1.807) is 35.0 Å². The van der Waals surface area contributed by atoms with E-state index in [4.69, 9.17) is 4.52 Å². The standard InChI is InChI=1S/C18H20FN3O3/c1-21(12-16-7-8-20-25-16)18(24)14-5-6-17(23)22(11-14)10-13-3-2-4-15(19)9-13/h2-4,7-9,14H,5-6,10-12H2,1H3. The summed E-state index contributed by atoms with van der Waals surface area (Å²) in [6.07, 6.45) is 2.38. The molecule has 1 atom stereocenters. The highest BCUT2D eigenvalue weighted by Gasteiger charge is 2.32. The summed E-state index contributed by atoms with van der Waals surface area (Å²) in [5.74, 6) is -0.0285. The van der Waals surface area contributed by atoms with Crippen molar-refractivity contribution in [2.45, 2.75) is 25.9 Å². The summed E-state index contributed by atoms with van der Waals surface area (Å²) in [4.78, 5) is 28.0.